The van der Waals surface area contributed by atoms with Gasteiger partial charge in [-0.25, -0.2) is 13.1 Å². The van der Waals surface area contributed by atoms with E-state index in [-0.39, 0.29) is 28.3 Å². The van der Waals surface area contributed by atoms with Crippen LogP contribution in [0.4, 0.5) is 0 Å². The molecule has 0 spiro atoms. The van der Waals surface area contributed by atoms with E-state index in [0.29, 0.717) is 23.7 Å². The predicted octanol–water partition coefficient (Wildman–Crippen LogP) is 4.13. The van der Waals surface area contributed by atoms with Crippen LogP contribution in [-0.2, 0) is 10.0 Å². The van der Waals surface area contributed by atoms with E-state index in [4.69, 9.17) is 23.2 Å². The lowest BCUT2D eigenvalue weighted by molar-refractivity contribution is 0.0676. The first-order chi connectivity index (χ1) is 13.3. The first-order valence-electron chi connectivity index (χ1n) is 9.07. The topological polar surface area (TPSA) is 66.5 Å². The van der Waals surface area contributed by atoms with Gasteiger partial charge in [-0.2, -0.15) is 0 Å². The quantitative estimate of drug-likeness (QED) is 0.759. The molecule has 2 aromatic carbocycles. The van der Waals surface area contributed by atoms with Crippen molar-refractivity contribution < 1.29 is 13.2 Å². The molecule has 0 bridgehead atoms. The third kappa shape index (κ3) is 4.87. The van der Waals surface area contributed by atoms with Crippen LogP contribution in [0.1, 0.15) is 28.8 Å². The van der Waals surface area contributed by atoms with E-state index >= 15 is 0 Å². The number of amides is 1. The molecule has 2 aromatic rings. The molecule has 0 saturated carbocycles. The van der Waals surface area contributed by atoms with Gasteiger partial charge in [0, 0.05) is 19.6 Å². The van der Waals surface area contributed by atoms with Crippen LogP contribution in [0, 0.1) is 12.8 Å². The monoisotopic (exact) mass is 440 g/mol. The zero-order valence-corrected chi connectivity index (χ0v) is 17.8. The molecular formula is C20H22Cl2N2O3S. The second-order valence-electron chi connectivity index (χ2n) is 7.03. The lowest BCUT2D eigenvalue weighted by Gasteiger charge is -2.33. The number of hydrogen-bond donors (Lipinski definition) is 1. The van der Waals surface area contributed by atoms with Crippen molar-refractivity contribution in [3.63, 3.8) is 0 Å². The molecule has 1 atom stereocenters. The predicted molar refractivity (Wildman–Crippen MR) is 111 cm³/mol. The van der Waals surface area contributed by atoms with Crippen LogP contribution in [0.15, 0.2) is 47.4 Å². The number of likely N-dealkylation sites (tertiary alicyclic amines) is 1. The fourth-order valence-electron chi connectivity index (χ4n) is 3.28. The van der Waals surface area contributed by atoms with Crippen molar-refractivity contribution in [2.45, 2.75) is 24.7 Å². The number of nitrogens with one attached hydrogen (secondary N) is 1. The molecule has 1 heterocycles. The third-order valence-corrected chi connectivity index (χ3v) is 7.14. The molecule has 1 N–H and O–H groups in total. The summed E-state index contributed by atoms with van der Waals surface area (Å²) in [4.78, 5) is 14.8. The molecule has 3 rings (SSSR count). The van der Waals surface area contributed by atoms with E-state index in [2.05, 4.69) is 4.72 Å². The average molecular weight is 441 g/mol. The Hall–Kier alpha value is -1.60. The van der Waals surface area contributed by atoms with Crippen LogP contribution in [0.25, 0.3) is 0 Å². The summed E-state index contributed by atoms with van der Waals surface area (Å²) in [6, 6.07) is 11.7. The second kappa shape index (κ2) is 8.82. The van der Waals surface area contributed by atoms with Gasteiger partial charge in [0.15, 0.2) is 0 Å². The SMILES string of the molecule is Cc1ccc(S(=O)(=O)NC[C@H]2CCCN(C(=O)c3cccc(Cl)c3Cl)C2)cc1. The van der Waals surface area contributed by atoms with Crippen molar-refractivity contribution in [1.29, 1.82) is 0 Å². The summed E-state index contributed by atoms with van der Waals surface area (Å²) in [5.74, 6) is -0.144. The van der Waals surface area contributed by atoms with Gasteiger partial charge in [0.1, 0.15) is 0 Å². The Morgan fingerprint density at radius 1 is 1.18 bits per heavy atom. The maximum absolute atomic E-state index is 12.8. The number of aryl methyl sites for hydroxylation is 1. The highest BCUT2D eigenvalue weighted by atomic mass is 35.5. The van der Waals surface area contributed by atoms with Crippen LogP contribution in [0.3, 0.4) is 0 Å². The molecule has 1 fully saturated rings. The highest BCUT2D eigenvalue weighted by molar-refractivity contribution is 7.89. The molecule has 150 valence electrons. The number of piperidine rings is 1. The van der Waals surface area contributed by atoms with Crippen molar-refractivity contribution in [3.05, 3.63) is 63.6 Å². The molecular weight excluding hydrogens is 419 g/mol. The van der Waals surface area contributed by atoms with Gasteiger partial charge in [0.25, 0.3) is 5.91 Å². The van der Waals surface area contributed by atoms with Crippen molar-refractivity contribution in [2.24, 2.45) is 5.92 Å². The van der Waals surface area contributed by atoms with Crippen LogP contribution < -0.4 is 4.72 Å². The number of hydrogen-bond acceptors (Lipinski definition) is 3. The van der Waals surface area contributed by atoms with Crippen LogP contribution in [0.5, 0.6) is 0 Å². The van der Waals surface area contributed by atoms with Crippen molar-refractivity contribution in [3.8, 4) is 0 Å². The molecule has 28 heavy (non-hydrogen) atoms. The molecule has 0 radical (unpaired) electrons. The number of carbonyl (C=O) groups is 1. The van der Waals surface area contributed by atoms with E-state index in [1.807, 2.05) is 6.92 Å². The van der Waals surface area contributed by atoms with Crippen molar-refractivity contribution >= 4 is 39.1 Å². The minimum atomic E-state index is -3.57. The standard InChI is InChI=1S/C20H22Cl2N2O3S/c1-14-7-9-16(10-8-14)28(26,27)23-12-15-4-3-11-24(13-15)20(25)17-5-2-6-18(21)19(17)22/h2,5-10,15,23H,3-4,11-13H2,1H3/t15-/m1/s1. The molecule has 0 unspecified atom stereocenters. The Morgan fingerprint density at radius 2 is 1.89 bits per heavy atom. The Morgan fingerprint density at radius 3 is 2.61 bits per heavy atom. The number of benzene rings is 2. The molecule has 1 aliphatic heterocycles. The lowest BCUT2D eigenvalue weighted by atomic mass is 9.97. The smallest absolute Gasteiger partial charge is 0.255 e. The fraction of sp³-hybridized carbons (Fsp3) is 0.350. The molecule has 1 saturated heterocycles. The van der Waals surface area contributed by atoms with E-state index < -0.39 is 10.0 Å². The van der Waals surface area contributed by atoms with Gasteiger partial charge in [0.05, 0.1) is 20.5 Å². The molecule has 8 heteroatoms. The Bertz CT molecular complexity index is 962. The van der Waals surface area contributed by atoms with E-state index in [9.17, 15) is 13.2 Å². The van der Waals surface area contributed by atoms with Gasteiger partial charge in [-0.3, -0.25) is 4.79 Å². The molecule has 1 amide bonds. The number of rotatable bonds is 5. The molecule has 5 nitrogen and oxygen atoms in total. The lowest BCUT2D eigenvalue weighted by Crippen LogP contribution is -2.43. The maximum atomic E-state index is 12.8. The van der Waals surface area contributed by atoms with Crippen LogP contribution in [0.2, 0.25) is 10.0 Å². The Labute approximate surface area is 175 Å². The Kier molecular flexibility index (Phi) is 6.65. The van der Waals surface area contributed by atoms with Gasteiger partial charge in [-0.15, -0.1) is 0 Å². The van der Waals surface area contributed by atoms with Gasteiger partial charge < -0.3 is 4.90 Å². The summed E-state index contributed by atoms with van der Waals surface area (Å²) in [6.45, 7) is 3.27. The van der Waals surface area contributed by atoms with Gasteiger partial charge >= 0.3 is 0 Å². The molecule has 0 aliphatic carbocycles. The first-order valence-corrected chi connectivity index (χ1v) is 11.3. The van der Waals surface area contributed by atoms with E-state index in [1.54, 1.807) is 47.4 Å². The van der Waals surface area contributed by atoms with E-state index in [0.717, 1.165) is 18.4 Å². The number of nitrogens with zero attached hydrogens (tertiary/aromatic N) is 1. The summed E-state index contributed by atoms with van der Waals surface area (Å²) < 4.78 is 27.6. The minimum Gasteiger partial charge on any atom is -0.338 e. The largest absolute Gasteiger partial charge is 0.338 e. The molecule has 1 aliphatic rings. The number of carbonyl (C=O) groups excluding carboxylic acids is 1. The molecule has 0 aromatic heterocycles. The minimum absolute atomic E-state index is 0.0379. The van der Waals surface area contributed by atoms with Gasteiger partial charge in [0.2, 0.25) is 10.0 Å². The summed E-state index contributed by atoms with van der Waals surface area (Å²) in [5.41, 5.74) is 1.37. The number of sulfonamides is 1. The maximum Gasteiger partial charge on any atom is 0.255 e. The average Bonchev–Trinajstić information content (AvgIpc) is 2.69. The van der Waals surface area contributed by atoms with E-state index in [1.165, 1.54) is 0 Å². The summed E-state index contributed by atoms with van der Waals surface area (Å²) >= 11 is 12.2. The van der Waals surface area contributed by atoms with Crippen LogP contribution >= 0.6 is 23.2 Å². The van der Waals surface area contributed by atoms with Crippen LogP contribution in [-0.4, -0.2) is 38.9 Å². The highest BCUT2D eigenvalue weighted by Crippen LogP contribution is 2.28. The second-order valence-corrected chi connectivity index (χ2v) is 9.58. The summed E-state index contributed by atoms with van der Waals surface area (Å²) in [6.07, 6.45) is 1.66. The summed E-state index contributed by atoms with van der Waals surface area (Å²) in [7, 11) is -3.57. The Balaban J connectivity index is 1.64. The van der Waals surface area contributed by atoms with Crippen molar-refractivity contribution in [2.75, 3.05) is 19.6 Å². The zero-order valence-electron chi connectivity index (χ0n) is 15.5. The zero-order chi connectivity index (χ0) is 20.3. The summed E-state index contributed by atoms with van der Waals surface area (Å²) in [5, 5.41) is 0.586. The first kappa shape index (κ1) is 21.1. The van der Waals surface area contributed by atoms with Gasteiger partial charge in [-0.1, -0.05) is 47.0 Å². The fourth-order valence-corrected chi connectivity index (χ4v) is 4.78. The number of halogens is 2. The van der Waals surface area contributed by atoms with Gasteiger partial charge in [-0.05, 0) is 49.9 Å². The van der Waals surface area contributed by atoms with Crippen molar-refractivity contribution in [1.82, 2.24) is 9.62 Å². The highest BCUT2D eigenvalue weighted by Gasteiger charge is 2.27. The normalized spacial score (nSPS) is 17.5. The third-order valence-electron chi connectivity index (χ3n) is 4.88.